The number of likely N-dealkylation sites (tertiary alicyclic amines) is 1. The number of aliphatic hydroxyl groups excluding tert-OH is 1. The molecule has 0 radical (unpaired) electrons. The number of aldehydes is 1. The van der Waals surface area contributed by atoms with Crippen molar-refractivity contribution in [2.75, 3.05) is 32.1 Å². The van der Waals surface area contributed by atoms with Crippen molar-refractivity contribution in [1.82, 2.24) is 15.1 Å². The van der Waals surface area contributed by atoms with E-state index in [9.17, 15) is 28.2 Å². The number of aromatic nitrogens is 2. The number of phenols is 1. The van der Waals surface area contributed by atoms with Gasteiger partial charge in [0.05, 0.1) is 24.5 Å². The van der Waals surface area contributed by atoms with E-state index in [-0.39, 0.29) is 36.1 Å². The summed E-state index contributed by atoms with van der Waals surface area (Å²) in [6.07, 6.45) is -1.46. The van der Waals surface area contributed by atoms with Gasteiger partial charge in [0.25, 0.3) is 0 Å². The number of aromatic hydroxyl groups is 1. The van der Waals surface area contributed by atoms with Crippen LogP contribution in [0, 0.1) is 0 Å². The summed E-state index contributed by atoms with van der Waals surface area (Å²) in [5, 5.41) is 31.8. The van der Waals surface area contributed by atoms with Crippen molar-refractivity contribution < 1.29 is 32.9 Å². The predicted octanol–water partition coefficient (Wildman–Crippen LogP) is 2.97. The highest BCUT2D eigenvalue weighted by atomic mass is 19.4. The maximum atomic E-state index is 13.2. The number of alkyl halides is 3. The molecular formula is C22H27F3N4O4. The van der Waals surface area contributed by atoms with Crippen molar-refractivity contribution in [3.8, 4) is 17.0 Å². The maximum Gasteiger partial charge on any atom is 0.416 e. The zero-order chi connectivity index (χ0) is 24.0. The zero-order valence-corrected chi connectivity index (χ0v) is 18.2. The van der Waals surface area contributed by atoms with Crippen molar-refractivity contribution in [1.29, 1.82) is 0 Å². The van der Waals surface area contributed by atoms with E-state index in [0.717, 1.165) is 31.7 Å². The number of ether oxygens (including phenoxy) is 1. The Morgan fingerprint density at radius 3 is 2.73 bits per heavy atom. The lowest BCUT2D eigenvalue weighted by Crippen LogP contribution is -2.42. The molecule has 2 aromatic rings. The zero-order valence-electron chi connectivity index (χ0n) is 18.2. The van der Waals surface area contributed by atoms with Gasteiger partial charge in [-0.05, 0) is 43.1 Å². The lowest BCUT2D eigenvalue weighted by atomic mass is 9.99. The molecule has 1 fully saturated rings. The van der Waals surface area contributed by atoms with Gasteiger partial charge in [-0.2, -0.15) is 13.2 Å². The van der Waals surface area contributed by atoms with Crippen LogP contribution in [0.15, 0.2) is 18.2 Å². The summed E-state index contributed by atoms with van der Waals surface area (Å²) in [5.41, 5.74) is -0.314. The van der Waals surface area contributed by atoms with Crippen LogP contribution in [-0.2, 0) is 28.9 Å². The number of nitrogens with one attached hydrogen (secondary N) is 1. The van der Waals surface area contributed by atoms with Crippen molar-refractivity contribution in [2.24, 2.45) is 0 Å². The van der Waals surface area contributed by atoms with E-state index in [4.69, 9.17) is 4.74 Å². The van der Waals surface area contributed by atoms with Crippen LogP contribution in [0.5, 0.6) is 5.75 Å². The average molecular weight is 468 g/mol. The first kappa shape index (κ1) is 24.9. The lowest BCUT2D eigenvalue weighted by Gasteiger charge is -2.33. The normalized spacial score (nSPS) is 17.2. The van der Waals surface area contributed by atoms with E-state index < -0.39 is 17.5 Å². The largest absolute Gasteiger partial charge is 0.507 e. The van der Waals surface area contributed by atoms with Crippen LogP contribution in [0.4, 0.5) is 19.0 Å². The molecule has 1 aliphatic rings. The minimum Gasteiger partial charge on any atom is -0.507 e. The summed E-state index contributed by atoms with van der Waals surface area (Å²) in [5.74, 6) is -0.239. The quantitative estimate of drug-likeness (QED) is 0.482. The molecule has 1 unspecified atom stereocenters. The third kappa shape index (κ3) is 6.18. The summed E-state index contributed by atoms with van der Waals surface area (Å²) in [6, 6.07) is 3.07. The molecule has 1 atom stereocenters. The molecule has 1 aromatic carbocycles. The first-order valence-electron chi connectivity index (χ1n) is 10.6. The Bertz CT molecular complexity index is 971. The molecule has 11 heteroatoms. The lowest BCUT2D eigenvalue weighted by molar-refractivity contribution is -0.137. The Hall–Kier alpha value is -2.76. The molecule has 1 saturated heterocycles. The van der Waals surface area contributed by atoms with Gasteiger partial charge < -0.3 is 30.0 Å². The molecule has 3 N–H and O–H groups in total. The SMILES string of the molecule is COCc1cc(C(F)(F)F)cc(O)c1-c1cc(CO)c(NC2CCCN(CCC=O)C2)nn1. The number of hydrogen-bond donors (Lipinski definition) is 3. The molecule has 0 amide bonds. The molecule has 0 saturated carbocycles. The Labute approximate surface area is 189 Å². The number of phenolic OH excluding ortho intramolecular Hbond substituents is 1. The summed E-state index contributed by atoms with van der Waals surface area (Å²) < 4.78 is 44.5. The van der Waals surface area contributed by atoms with Gasteiger partial charge in [-0.1, -0.05) is 0 Å². The fourth-order valence-electron chi connectivity index (χ4n) is 4.01. The van der Waals surface area contributed by atoms with Gasteiger partial charge in [-0.25, -0.2) is 0 Å². The van der Waals surface area contributed by atoms with Crippen molar-refractivity contribution in [3.05, 3.63) is 34.9 Å². The van der Waals surface area contributed by atoms with Gasteiger partial charge in [0.2, 0.25) is 0 Å². The highest BCUT2D eigenvalue weighted by Crippen LogP contribution is 2.39. The van der Waals surface area contributed by atoms with Crippen LogP contribution in [0.25, 0.3) is 11.3 Å². The van der Waals surface area contributed by atoms with E-state index in [2.05, 4.69) is 20.4 Å². The topological polar surface area (TPSA) is 108 Å². The summed E-state index contributed by atoms with van der Waals surface area (Å²) in [4.78, 5) is 12.8. The molecule has 180 valence electrons. The van der Waals surface area contributed by atoms with Crippen LogP contribution in [0.3, 0.4) is 0 Å². The first-order chi connectivity index (χ1) is 15.8. The van der Waals surface area contributed by atoms with Crippen molar-refractivity contribution in [3.63, 3.8) is 0 Å². The smallest absolute Gasteiger partial charge is 0.416 e. The third-order valence-electron chi connectivity index (χ3n) is 5.54. The second kappa shape index (κ2) is 10.9. The number of rotatable bonds is 9. The highest BCUT2D eigenvalue weighted by molar-refractivity contribution is 5.72. The van der Waals surface area contributed by atoms with Gasteiger partial charge in [0, 0.05) is 43.8 Å². The van der Waals surface area contributed by atoms with E-state index >= 15 is 0 Å². The van der Waals surface area contributed by atoms with E-state index in [1.54, 1.807) is 0 Å². The van der Waals surface area contributed by atoms with Gasteiger partial charge in [-0.3, -0.25) is 0 Å². The molecule has 3 rings (SSSR count). The number of carbonyl (C=O) groups excluding carboxylic acids is 1. The molecule has 0 aliphatic carbocycles. The number of benzene rings is 1. The van der Waals surface area contributed by atoms with Crippen LogP contribution in [0.2, 0.25) is 0 Å². The molecular weight excluding hydrogens is 441 g/mol. The number of methoxy groups -OCH3 is 1. The standard InChI is InChI=1S/C22H27F3N4O4/c1-33-13-15-8-16(22(23,24)25)10-19(32)20(15)18-9-14(12-31)21(28-27-18)26-17-4-2-5-29(11-17)6-3-7-30/h7-10,17,31-32H,2-6,11-13H2,1H3,(H,26,28). The van der Waals surface area contributed by atoms with Crippen LogP contribution in [0.1, 0.15) is 36.0 Å². The monoisotopic (exact) mass is 468 g/mol. The summed E-state index contributed by atoms with van der Waals surface area (Å²) in [6.45, 7) is 1.72. The molecule has 0 spiro atoms. The van der Waals surface area contributed by atoms with Gasteiger partial charge in [0.15, 0.2) is 5.82 Å². The molecule has 33 heavy (non-hydrogen) atoms. The summed E-state index contributed by atoms with van der Waals surface area (Å²) in [7, 11) is 1.33. The highest BCUT2D eigenvalue weighted by Gasteiger charge is 2.33. The Balaban J connectivity index is 1.88. The first-order valence-corrected chi connectivity index (χ1v) is 10.6. The van der Waals surface area contributed by atoms with Crippen molar-refractivity contribution >= 4 is 12.1 Å². The van der Waals surface area contributed by atoms with E-state index in [1.807, 2.05) is 0 Å². The third-order valence-corrected chi connectivity index (χ3v) is 5.54. The Morgan fingerprint density at radius 1 is 1.27 bits per heavy atom. The second-order valence-electron chi connectivity index (χ2n) is 7.96. The van der Waals surface area contributed by atoms with Crippen molar-refractivity contribution in [2.45, 2.75) is 44.7 Å². The maximum absolute atomic E-state index is 13.2. The van der Waals surface area contributed by atoms with Gasteiger partial charge >= 0.3 is 6.18 Å². The number of carbonyl (C=O) groups is 1. The molecule has 8 nitrogen and oxygen atoms in total. The van der Waals surface area contributed by atoms with E-state index in [0.29, 0.717) is 37.0 Å². The Morgan fingerprint density at radius 2 is 2.06 bits per heavy atom. The van der Waals surface area contributed by atoms with Crippen LogP contribution in [-0.4, -0.2) is 64.4 Å². The van der Waals surface area contributed by atoms with Crippen LogP contribution >= 0.6 is 0 Å². The second-order valence-corrected chi connectivity index (χ2v) is 7.96. The molecule has 1 aliphatic heterocycles. The predicted molar refractivity (Wildman–Crippen MR) is 115 cm³/mol. The Kier molecular flexibility index (Phi) is 8.22. The number of nitrogens with zero attached hydrogens (tertiary/aromatic N) is 3. The molecule has 2 heterocycles. The van der Waals surface area contributed by atoms with Gasteiger partial charge in [-0.15, -0.1) is 10.2 Å². The number of aliphatic hydroxyl groups is 1. The minimum absolute atomic E-state index is 0.0411. The van der Waals surface area contributed by atoms with Gasteiger partial charge in [0.1, 0.15) is 12.0 Å². The number of piperidine rings is 1. The molecule has 0 bridgehead atoms. The number of halogens is 3. The minimum atomic E-state index is -4.63. The van der Waals surface area contributed by atoms with Crippen LogP contribution < -0.4 is 5.32 Å². The summed E-state index contributed by atoms with van der Waals surface area (Å²) >= 11 is 0. The number of hydrogen-bond acceptors (Lipinski definition) is 8. The van der Waals surface area contributed by atoms with E-state index in [1.165, 1.54) is 13.2 Å². The number of anilines is 1. The molecule has 1 aromatic heterocycles. The average Bonchev–Trinajstić information content (AvgIpc) is 2.78. The fraction of sp³-hybridized carbons (Fsp3) is 0.500. The fourth-order valence-corrected chi connectivity index (χ4v) is 4.01.